The van der Waals surface area contributed by atoms with E-state index in [0.717, 1.165) is 9.87 Å². The van der Waals surface area contributed by atoms with Crippen molar-refractivity contribution in [1.29, 1.82) is 0 Å². The molecule has 168 valence electrons. The SMILES string of the molecule is COC(=O)COc1ccc(C(=O)NC(C)c2ccc(S(=O)(=O)N(C)C)cc2)cc1OC. The molecular weight excluding hydrogens is 424 g/mol. The molecule has 1 N–H and O–H groups in total. The van der Waals surface area contributed by atoms with E-state index < -0.39 is 16.0 Å². The summed E-state index contributed by atoms with van der Waals surface area (Å²) in [7, 11) is 2.09. The molecule has 2 aromatic rings. The first-order valence-electron chi connectivity index (χ1n) is 9.31. The minimum Gasteiger partial charge on any atom is -0.493 e. The van der Waals surface area contributed by atoms with Gasteiger partial charge in [-0.3, -0.25) is 4.79 Å². The van der Waals surface area contributed by atoms with Gasteiger partial charge in [-0.25, -0.2) is 17.5 Å². The zero-order valence-corrected chi connectivity index (χ0v) is 18.9. The van der Waals surface area contributed by atoms with Gasteiger partial charge in [0.05, 0.1) is 25.2 Å². The number of carbonyl (C=O) groups excluding carboxylic acids is 2. The van der Waals surface area contributed by atoms with Crippen molar-refractivity contribution in [3.63, 3.8) is 0 Å². The molecular formula is C21H26N2O7S. The van der Waals surface area contributed by atoms with Crippen LogP contribution < -0.4 is 14.8 Å². The Morgan fingerprint density at radius 2 is 1.68 bits per heavy atom. The van der Waals surface area contributed by atoms with E-state index in [2.05, 4.69) is 10.1 Å². The Morgan fingerprint density at radius 1 is 1.03 bits per heavy atom. The molecule has 9 nitrogen and oxygen atoms in total. The molecule has 0 aliphatic heterocycles. The van der Waals surface area contributed by atoms with Crippen LogP contribution in [0.1, 0.15) is 28.9 Å². The number of ether oxygens (including phenoxy) is 3. The van der Waals surface area contributed by atoms with Crippen molar-refractivity contribution in [2.45, 2.75) is 17.9 Å². The first kappa shape index (κ1) is 24.2. The molecule has 31 heavy (non-hydrogen) atoms. The van der Waals surface area contributed by atoms with Crippen molar-refractivity contribution in [1.82, 2.24) is 9.62 Å². The van der Waals surface area contributed by atoms with Gasteiger partial charge in [0.15, 0.2) is 18.1 Å². The summed E-state index contributed by atoms with van der Waals surface area (Å²) in [5, 5.41) is 2.85. The second kappa shape index (κ2) is 10.3. The third kappa shape index (κ3) is 5.96. The van der Waals surface area contributed by atoms with Crippen LogP contribution in [0.4, 0.5) is 0 Å². The van der Waals surface area contributed by atoms with E-state index in [-0.39, 0.29) is 23.5 Å². The number of sulfonamides is 1. The van der Waals surface area contributed by atoms with E-state index in [0.29, 0.717) is 17.1 Å². The van der Waals surface area contributed by atoms with E-state index in [1.165, 1.54) is 52.6 Å². The van der Waals surface area contributed by atoms with Crippen molar-refractivity contribution < 1.29 is 32.2 Å². The Balaban J connectivity index is 2.11. The topological polar surface area (TPSA) is 111 Å². The molecule has 0 aliphatic rings. The largest absolute Gasteiger partial charge is 0.493 e. The highest BCUT2D eigenvalue weighted by atomic mass is 32.2. The summed E-state index contributed by atoms with van der Waals surface area (Å²) in [5.41, 5.74) is 1.08. The molecule has 1 unspecified atom stereocenters. The van der Waals surface area contributed by atoms with Gasteiger partial charge in [-0.1, -0.05) is 12.1 Å². The molecule has 0 saturated carbocycles. The van der Waals surface area contributed by atoms with Gasteiger partial charge in [-0.2, -0.15) is 0 Å². The number of methoxy groups -OCH3 is 2. The smallest absolute Gasteiger partial charge is 0.343 e. The van der Waals surface area contributed by atoms with Gasteiger partial charge in [0.25, 0.3) is 5.91 Å². The molecule has 2 aromatic carbocycles. The van der Waals surface area contributed by atoms with Crippen molar-refractivity contribution in [3.05, 3.63) is 53.6 Å². The standard InChI is InChI=1S/C21H26N2O7S/c1-14(15-6-9-17(10-7-15)31(26,27)23(2)3)22-21(25)16-8-11-18(19(12-16)28-4)30-13-20(24)29-5/h6-12,14H,13H2,1-5H3,(H,22,25). The molecule has 2 rings (SSSR count). The van der Waals surface area contributed by atoms with Gasteiger partial charge >= 0.3 is 5.97 Å². The van der Waals surface area contributed by atoms with Gasteiger partial charge in [-0.05, 0) is 42.8 Å². The number of esters is 1. The van der Waals surface area contributed by atoms with Crippen molar-refractivity contribution in [2.75, 3.05) is 34.9 Å². The number of rotatable bonds is 9. The lowest BCUT2D eigenvalue weighted by atomic mass is 10.1. The maximum atomic E-state index is 12.7. The van der Waals surface area contributed by atoms with E-state index in [9.17, 15) is 18.0 Å². The number of amides is 1. The number of benzene rings is 2. The third-order valence-electron chi connectivity index (χ3n) is 4.51. The second-order valence-corrected chi connectivity index (χ2v) is 8.93. The van der Waals surface area contributed by atoms with Crippen LogP contribution in [0.2, 0.25) is 0 Å². The Bertz CT molecular complexity index is 1030. The minimum absolute atomic E-state index is 0.173. The summed E-state index contributed by atoms with van der Waals surface area (Å²) < 4.78 is 40.6. The van der Waals surface area contributed by atoms with Crippen LogP contribution in [0.3, 0.4) is 0 Å². The number of nitrogens with zero attached hydrogens (tertiary/aromatic N) is 1. The van der Waals surface area contributed by atoms with Crippen LogP contribution in [0.15, 0.2) is 47.4 Å². The number of hydrogen-bond acceptors (Lipinski definition) is 7. The Kier molecular flexibility index (Phi) is 8.01. The molecule has 0 saturated heterocycles. The van der Waals surface area contributed by atoms with E-state index >= 15 is 0 Å². The maximum Gasteiger partial charge on any atom is 0.343 e. The fourth-order valence-corrected chi connectivity index (χ4v) is 3.53. The van der Waals surface area contributed by atoms with Crippen LogP contribution in [0, 0.1) is 0 Å². The second-order valence-electron chi connectivity index (χ2n) is 6.78. The average molecular weight is 451 g/mol. The van der Waals surface area contributed by atoms with Gasteiger partial charge in [0, 0.05) is 19.7 Å². The zero-order valence-electron chi connectivity index (χ0n) is 18.0. The van der Waals surface area contributed by atoms with Crippen LogP contribution in [0.5, 0.6) is 11.5 Å². The Labute approximate surface area is 182 Å². The van der Waals surface area contributed by atoms with Crippen LogP contribution in [-0.2, 0) is 19.6 Å². The molecule has 0 fully saturated rings. The fraction of sp³-hybridized carbons (Fsp3) is 0.333. The van der Waals surface area contributed by atoms with Crippen LogP contribution >= 0.6 is 0 Å². The Morgan fingerprint density at radius 3 is 2.23 bits per heavy atom. The molecule has 1 atom stereocenters. The van der Waals surface area contributed by atoms with E-state index in [1.807, 2.05) is 0 Å². The average Bonchev–Trinajstić information content (AvgIpc) is 2.76. The van der Waals surface area contributed by atoms with Gasteiger partial charge < -0.3 is 19.5 Å². The predicted octanol–water partition coefficient (Wildman–Crippen LogP) is 1.99. The summed E-state index contributed by atoms with van der Waals surface area (Å²) >= 11 is 0. The number of hydrogen-bond donors (Lipinski definition) is 1. The molecule has 0 spiro atoms. The van der Waals surface area contributed by atoms with E-state index in [4.69, 9.17) is 9.47 Å². The first-order valence-corrected chi connectivity index (χ1v) is 10.7. The van der Waals surface area contributed by atoms with Crippen molar-refractivity contribution >= 4 is 21.9 Å². The highest BCUT2D eigenvalue weighted by Gasteiger charge is 2.19. The lowest BCUT2D eigenvalue weighted by Gasteiger charge is -2.17. The third-order valence-corrected chi connectivity index (χ3v) is 6.33. The normalized spacial score (nSPS) is 12.2. The molecule has 0 aromatic heterocycles. The quantitative estimate of drug-likeness (QED) is 0.582. The fourth-order valence-electron chi connectivity index (χ4n) is 2.63. The minimum atomic E-state index is -3.52. The highest BCUT2D eigenvalue weighted by Crippen LogP contribution is 2.28. The summed E-state index contributed by atoms with van der Waals surface area (Å²) in [6, 6.07) is 10.5. The summed E-state index contributed by atoms with van der Waals surface area (Å²) in [6.07, 6.45) is 0. The Hall–Kier alpha value is -3.11. The number of carbonyl (C=O) groups is 2. The molecule has 0 heterocycles. The maximum absolute atomic E-state index is 12.7. The van der Waals surface area contributed by atoms with Crippen LogP contribution in [-0.4, -0.2) is 59.5 Å². The predicted molar refractivity (Wildman–Crippen MR) is 114 cm³/mol. The number of nitrogens with one attached hydrogen (secondary N) is 1. The molecule has 0 radical (unpaired) electrons. The monoisotopic (exact) mass is 450 g/mol. The van der Waals surface area contributed by atoms with E-state index in [1.54, 1.807) is 25.1 Å². The summed E-state index contributed by atoms with van der Waals surface area (Å²) in [6.45, 7) is 1.51. The molecule has 0 aliphatic carbocycles. The van der Waals surface area contributed by atoms with Crippen molar-refractivity contribution in [3.8, 4) is 11.5 Å². The summed E-state index contributed by atoms with van der Waals surface area (Å²) in [4.78, 5) is 24.1. The molecule has 10 heteroatoms. The molecule has 0 bridgehead atoms. The summed E-state index contributed by atoms with van der Waals surface area (Å²) in [5.74, 6) is -0.296. The lowest BCUT2D eigenvalue weighted by molar-refractivity contribution is -0.142. The first-order chi connectivity index (χ1) is 14.6. The van der Waals surface area contributed by atoms with Crippen LogP contribution in [0.25, 0.3) is 0 Å². The van der Waals surface area contributed by atoms with Gasteiger partial charge in [0.1, 0.15) is 0 Å². The molecule has 1 amide bonds. The van der Waals surface area contributed by atoms with Crippen molar-refractivity contribution in [2.24, 2.45) is 0 Å². The van der Waals surface area contributed by atoms with Gasteiger partial charge in [-0.15, -0.1) is 0 Å². The lowest BCUT2D eigenvalue weighted by Crippen LogP contribution is -2.27. The zero-order chi connectivity index (χ0) is 23.2. The highest BCUT2D eigenvalue weighted by molar-refractivity contribution is 7.89. The van der Waals surface area contributed by atoms with Gasteiger partial charge in [0.2, 0.25) is 10.0 Å².